The van der Waals surface area contributed by atoms with Crippen LogP contribution in [0.15, 0.2) is 11.6 Å². The summed E-state index contributed by atoms with van der Waals surface area (Å²) < 4.78 is 0. The van der Waals surface area contributed by atoms with Crippen LogP contribution in [-0.4, -0.2) is 21.4 Å². The molecule has 8 atom stereocenters. The zero-order valence-electron chi connectivity index (χ0n) is 20.6. The first-order valence-electron chi connectivity index (χ1n) is 13.1. The van der Waals surface area contributed by atoms with Gasteiger partial charge in [0, 0.05) is 0 Å². The molecule has 3 fully saturated rings. The van der Waals surface area contributed by atoms with E-state index in [1.165, 1.54) is 38.5 Å². The standard InChI is InChI=1S/C28H48O2/c1-7-28(30)17-16-26(5)20(18-28)8-9-21-23-11-10-22(19(2)12-14-25(3,4)29)27(23,6)15-13-24(21)26/h8,19,21-24,29-30H,7,9-18H2,1-6H3/t19-,21?,22?,23?,24?,26+,27-,28-/m1/s1. The van der Waals surface area contributed by atoms with Crippen LogP contribution < -0.4 is 0 Å². The maximum absolute atomic E-state index is 11.0. The van der Waals surface area contributed by atoms with Gasteiger partial charge in [0.1, 0.15) is 0 Å². The Hall–Kier alpha value is -0.340. The highest BCUT2D eigenvalue weighted by atomic mass is 16.3. The quantitative estimate of drug-likeness (QED) is 0.479. The van der Waals surface area contributed by atoms with E-state index >= 15 is 0 Å². The molecular formula is C28H48O2. The van der Waals surface area contributed by atoms with Gasteiger partial charge in [0.05, 0.1) is 11.2 Å². The van der Waals surface area contributed by atoms with E-state index in [2.05, 4.69) is 33.8 Å². The van der Waals surface area contributed by atoms with Gasteiger partial charge in [-0.1, -0.05) is 39.3 Å². The normalized spacial score (nSPS) is 47.1. The van der Waals surface area contributed by atoms with Gasteiger partial charge in [0.2, 0.25) is 0 Å². The van der Waals surface area contributed by atoms with Gasteiger partial charge in [-0.2, -0.15) is 0 Å². The molecule has 3 saturated carbocycles. The molecular weight excluding hydrogens is 368 g/mol. The zero-order chi connectivity index (χ0) is 21.9. The van der Waals surface area contributed by atoms with Crippen LogP contribution in [0.5, 0.6) is 0 Å². The van der Waals surface area contributed by atoms with Crippen molar-refractivity contribution in [2.24, 2.45) is 40.4 Å². The van der Waals surface area contributed by atoms with Crippen LogP contribution in [-0.2, 0) is 0 Å². The molecule has 2 nitrogen and oxygen atoms in total. The minimum Gasteiger partial charge on any atom is -0.390 e. The van der Waals surface area contributed by atoms with E-state index in [1.54, 1.807) is 5.57 Å². The second kappa shape index (κ2) is 7.62. The van der Waals surface area contributed by atoms with Crippen molar-refractivity contribution in [3.05, 3.63) is 11.6 Å². The molecule has 0 aromatic carbocycles. The highest BCUT2D eigenvalue weighted by molar-refractivity contribution is 5.27. The predicted molar refractivity (Wildman–Crippen MR) is 125 cm³/mol. The number of aliphatic hydroxyl groups is 2. The van der Waals surface area contributed by atoms with Gasteiger partial charge in [-0.25, -0.2) is 0 Å². The van der Waals surface area contributed by atoms with Crippen LogP contribution in [0, 0.1) is 40.4 Å². The Morgan fingerprint density at radius 2 is 1.83 bits per heavy atom. The van der Waals surface area contributed by atoms with Crippen molar-refractivity contribution in [1.29, 1.82) is 0 Å². The number of hydrogen-bond donors (Lipinski definition) is 2. The lowest BCUT2D eigenvalue weighted by Crippen LogP contribution is -2.52. The first kappa shape index (κ1) is 22.8. The smallest absolute Gasteiger partial charge is 0.0682 e. The van der Waals surface area contributed by atoms with Gasteiger partial charge in [0.25, 0.3) is 0 Å². The third-order valence-corrected chi connectivity index (χ3v) is 10.9. The van der Waals surface area contributed by atoms with Gasteiger partial charge in [0.15, 0.2) is 0 Å². The Labute approximate surface area is 185 Å². The lowest BCUT2D eigenvalue weighted by atomic mass is 9.46. The zero-order valence-corrected chi connectivity index (χ0v) is 20.6. The van der Waals surface area contributed by atoms with Crippen LogP contribution in [0.1, 0.15) is 112 Å². The number of rotatable bonds is 5. The van der Waals surface area contributed by atoms with Crippen molar-refractivity contribution in [3.63, 3.8) is 0 Å². The van der Waals surface area contributed by atoms with Crippen LogP contribution in [0.25, 0.3) is 0 Å². The fourth-order valence-corrected chi connectivity index (χ4v) is 8.77. The molecule has 0 radical (unpaired) electrons. The average molecular weight is 417 g/mol. The van der Waals surface area contributed by atoms with Gasteiger partial charge in [-0.15, -0.1) is 0 Å². The van der Waals surface area contributed by atoms with Gasteiger partial charge >= 0.3 is 0 Å². The van der Waals surface area contributed by atoms with Crippen molar-refractivity contribution in [2.45, 2.75) is 123 Å². The molecule has 4 aliphatic rings. The van der Waals surface area contributed by atoms with Crippen molar-refractivity contribution < 1.29 is 10.2 Å². The molecule has 172 valence electrons. The summed E-state index contributed by atoms with van der Waals surface area (Å²) in [6.45, 7) is 13.7. The first-order valence-corrected chi connectivity index (χ1v) is 13.1. The minimum atomic E-state index is -0.536. The summed E-state index contributed by atoms with van der Waals surface area (Å²) in [5, 5.41) is 21.2. The van der Waals surface area contributed by atoms with E-state index in [4.69, 9.17) is 0 Å². The molecule has 0 saturated heterocycles. The molecule has 2 N–H and O–H groups in total. The van der Waals surface area contributed by atoms with E-state index in [0.717, 1.165) is 55.8 Å². The van der Waals surface area contributed by atoms with E-state index in [1.807, 2.05) is 13.8 Å². The monoisotopic (exact) mass is 416 g/mol. The van der Waals surface area contributed by atoms with Crippen LogP contribution >= 0.6 is 0 Å². The highest BCUT2D eigenvalue weighted by Gasteiger charge is 2.59. The molecule has 0 amide bonds. The van der Waals surface area contributed by atoms with E-state index in [-0.39, 0.29) is 0 Å². The Balaban J connectivity index is 1.52. The number of allylic oxidation sites excluding steroid dienone is 1. The third-order valence-electron chi connectivity index (χ3n) is 10.9. The maximum Gasteiger partial charge on any atom is 0.0682 e. The summed E-state index contributed by atoms with van der Waals surface area (Å²) >= 11 is 0. The Bertz CT molecular complexity index is 675. The molecule has 0 spiro atoms. The van der Waals surface area contributed by atoms with Crippen molar-refractivity contribution in [2.75, 3.05) is 0 Å². The van der Waals surface area contributed by atoms with Crippen LogP contribution in [0.4, 0.5) is 0 Å². The molecule has 2 heteroatoms. The van der Waals surface area contributed by atoms with Crippen LogP contribution in [0.3, 0.4) is 0 Å². The fraction of sp³-hybridized carbons (Fsp3) is 0.929. The topological polar surface area (TPSA) is 40.5 Å². The van der Waals surface area contributed by atoms with Crippen molar-refractivity contribution >= 4 is 0 Å². The molecule has 4 unspecified atom stereocenters. The summed E-state index contributed by atoms with van der Waals surface area (Å²) in [4.78, 5) is 0. The summed E-state index contributed by atoms with van der Waals surface area (Å²) in [7, 11) is 0. The predicted octanol–water partition coefficient (Wildman–Crippen LogP) is 6.89. The van der Waals surface area contributed by atoms with Crippen molar-refractivity contribution in [3.8, 4) is 0 Å². The van der Waals surface area contributed by atoms with Gasteiger partial charge < -0.3 is 10.2 Å². The minimum absolute atomic E-state index is 0.330. The van der Waals surface area contributed by atoms with E-state index in [9.17, 15) is 10.2 Å². The maximum atomic E-state index is 11.0. The van der Waals surface area contributed by atoms with Gasteiger partial charge in [-0.3, -0.25) is 0 Å². The Morgan fingerprint density at radius 3 is 2.50 bits per heavy atom. The molecule has 0 bridgehead atoms. The second-order valence-electron chi connectivity index (χ2n) is 13.1. The number of hydrogen-bond acceptors (Lipinski definition) is 2. The molecule has 0 aromatic heterocycles. The lowest BCUT2D eigenvalue weighted by molar-refractivity contribution is -0.0761. The molecule has 0 aliphatic heterocycles. The van der Waals surface area contributed by atoms with Crippen molar-refractivity contribution in [1.82, 2.24) is 0 Å². The fourth-order valence-electron chi connectivity index (χ4n) is 8.77. The number of fused-ring (bicyclic) bond motifs is 5. The average Bonchev–Trinajstić information content (AvgIpc) is 3.03. The Morgan fingerprint density at radius 1 is 1.10 bits per heavy atom. The van der Waals surface area contributed by atoms with E-state index < -0.39 is 11.2 Å². The SMILES string of the molecule is CC[C@@]1(O)CC[C@@]2(C)C(=CCC3C4CCC([C@H](C)CCC(C)(C)O)[C@@]4(C)CCC32)C1. The molecule has 0 aromatic rings. The Kier molecular flexibility index (Phi) is 5.80. The molecule has 0 heterocycles. The second-order valence-corrected chi connectivity index (χ2v) is 13.1. The summed E-state index contributed by atoms with van der Waals surface area (Å²) in [5.74, 6) is 4.06. The largest absolute Gasteiger partial charge is 0.390 e. The van der Waals surface area contributed by atoms with Gasteiger partial charge in [-0.05, 0) is 125 Å². The van der Waals surface area contributed by atoms with E-state index in [0.29, 0.717) is 16.7 Å². The molecule has 4 aliphatic carbocycles. The van der Waals surface area contributed by atoms with Crippen LogP contribution in [0.2, 0.25) is 0 Å². The highest BCUT2D eigenvalue weighted by Crippen LogP contribution is 2.67. The molecule has 30 heavy (non-hydrogen) atoms. The summed E-state index contributed by atoms with van der Waals surface area (Å²) in [6.07, 6.45) is 15.4. The summed E-state index contributed by atoms with van der Waals surface area (Å²) in [6, 6.07) is 0. The summed E-state index contributed by atoms with van der Waals surface area (Å²) in [5.41, 5.74) is 1.42. The first-order chi connectivity index (χ1) is 13.9. The third kappa shape index (κ3) is 3.72. The lowest BCUT2D eigenvalue weighted by Gasteiger charge is -2.59. The molecule has 4 rings (SSSR count).